The third kappa shape index (κ3) is 3.69. The van der Waals surface area contributed by atoms with Crippen LogP contribution in [-0.4, -0.2) is 23.3 Å². The van der Waals surface area contributed by atoms with Gasteiger partial charge in [-0.3, -0.25) is 0 Å². The van der Waals surface area contributed by atoms with Crippen LogP contribution in [0, 0.1) is 11.8 Å². The Kier molecular flexibility index (Phi) is 4.48. The van der Waals surface area contributed by atoms with Crippen molar-refractivity contribution in [2.24, 2.45) is 11.8 Å². The maximum atomic E-state index is 10.1. The number of hydrogen-bond acceptors (Lipinski definition) is 2. The minimum absolute atomic E-state index is 0.357. The average molecular weight is 239 g/mol. The van der Waals surface area contributed by atoms with Gasteiger partial charge in [0.1, 0.15) is 0 Å². The molecule has 2 aliphatic carbocycles. The SMILES string of the molecule is CC(C)C1CCCC(NCC2(O)CCC2)CC1. The van der Waals surface area contributed by atoms with Crippen LogP contribution in [0.3, 0.4) is 0 Å². The molecule has 0 aromatic heterocycles. The fourth-order valence-corrected chi connectivity index (χ4v) is 3.30. The van der Waals surface area contributed by atoms with E-state index in [2.05, 4.69) is 19.2 Å². The van der Waals surface area contributed by atoms with E-state index in [1.807, 2.05) is 0 Å². The molecule has 0 aromatic rings. The fraction of sp³-hybridized carbons (Fsp3) is 1.00. The van der Waals surface area contributed by atoms with Gasteiger partial charge >= 0.3 is 0 Å². The van der Waals surface area contributed by atoms with Gasteiger partial charge < -0.3 is 10.4 Å². The maximum Gasteiger partial charge on any atom is 0.0771 e. The zero-order valence-electron chi connectivity index (χ0n) is 11.5. The van der Waals surface area contributed by atoms with E-state index in [1.54, 1.807) is 0 Å². The number of rotatable bonds is 4. The van der Waals surface area contributed by atoms with E-state index in [1.165, 1.54) is 38.5 Å². The van der Waals surface area contributed by atoms with Crippen molar-refractivity contribution in [2.45, 2.75) is 76.9 Å². The lowest BCUT2D eigenvalue weighted by Crippen LogP contribution is -2.48. The Balaban J connectivity index is 1.71. The second kappa shape index (κ2) is 5.71. The summed E-state index contributed by atoms with van der Waals surface area (Å²) in [5, 5.41) is 13.7. The third-order valence-electron chi connectivity index (χ3n) is 4.96. The molecule has 100 valence electrons. The molecule has 0 heterocycles. The van der Waals surface area contributed by atoms with Crippen molar-refractivity contribution in [3.05, 3.63) is 0 Å². The van der Waals surface area contributed by atoms with Crippen molar-refractivity contribution in [1.82, 2.24) is 5.32 Å². The second-order valence-corrected chi connectivity index (χ2v) is 6.67. The summed E-state index contributed by atoms with van der Waals surface area (Å²) in [5.74, 6) is 1.76. The highest BCUT2D eigenvalue weighted by atomic mass is 16.3. The lowest BCUT2D eigenvalue weighted by Gasteiger charge is -2.38. The van der Waals surface area contributed by atoms with Crippen LogP contribution < -0.4 is 5.32 Å². The van der Waals surface area contributed by atoms with E-state index < -0.39 is 0 Å². The van der Waals surface area contributed by atoms with Crippen LogP contribution in [0.5, 0.6) is 0 Å². The van der Waals surface area contributed by atoms with Gasteiger partial charge in [0.05, 0.1) is 5.60 Å². The van der Waals surface area contributed by atoms with E-state index in [9.17, 15) is 5.11 Å². The lowest BCUT2D eigenvalue weighted by atomic mass is 9.80. The van der Waals surface area contributed by atoms with Crippen LogP contribution in [0.2, 0.25) is 0 Å². The molecule has 0 aromatic carbocycles. The van der Waals surface area contributed by atoms with E-state index in [0.717, 1.165) is 31.2 Å². The van der Waals surface area contributed by atoms with Gasteiger partial charge in [-0.2, -0.15) is 0 Å². The number of hydrogen-bond donors (Lipinski definition) is 2. The average Bonchev–Trinajstić information content (AvgIpc) is 2.49. The standard InChI is InChI=1S/C15H29NO/c1-12(2)13-5-3-6-14(8-7-13)16-11-15(17)9-4-10-15/h12-14,16-17H,3-11H2,1-2H3. The Morgan fingerprint density at radius 1 is 1.12 bits per heavy atom. The molecule has 2 nitrogen and oxygen atoms in total. The Bertz CT molecular complexity index is 235. The van der Waals surface area contributed by atoms with Crippen molar-refractivity contribution in [2.75, 3.05) is 6.54 Å². The molecule has 2 heteroatoms. The third-order valence-corrected chi connectivity index (χ3v) is 4.96. The molecule has 2 rings (SSSR count). The molecule has 2 saturated carbocycles. The monoisotopic (exact) mass is 239 g/mol. The highest BCUT2D eigenvalue weighted by Crippen LogP contribution is 2.32. The van der Waals surface area contributed by atoms with E-state index in [4.69, 9.17) is 0 Å². The molecule has 17 heavy (non-hydrogen) atoms. The highest BCUT2D eigenvalue weighted by Gasteiger charge is 2.34. The van der Waals surface area contributed by atoms with E-state index in [-0.39, 0.29) is 5.60 Å². The van der Waals surface area contributed by atoms with Crippen molar-refractivity contribution >= 4 is 0 Å². The van der Waals surface area contributed by atoms with Crippen LogP contribution in [0.15, 0.2) is 0 Å². The molecule has 2 atom stereocenters. The van der Waals surface area contributed by atoms with Gasteiger partial charge in [0.2, 0.25) is 0 Å². The van der Waals surface area contributed by atoms with Crippen molar-refractivity contribution in [1.29, 1.82) is 0 Å². The van der Waals surface area contributed by atoms with E-state index in [0.29, 0.717) is 6.04 Å². The van der Waals surface area contributed by atoms with Gasteiger partial charge in [0.25, 0.3) is 0 Å². The normalized spacial score (nSPS) is 33.2. The zero-order valence-corrected chi connectivity index (χ0v) is 11.5. The van der Waals surface area contributed by atoms with Gasteiger partial charge in [0.15, 0.2) is 0 Å². The highest BCUT2D eigenvalue weighted by molar-refractivity contribution is 4.90. The topological polar surface area (TPSA) is 32.3 Å². The van der Waals surface area contributed by atoms with Crippen LogP contribution in [0.4, 0.5) is 0 Å². The molecule has 2 fully saturated rings. The Morgan fingerprint density at radius 3 is 2.47 bits per heavy atom. The first-order valence-electron chi connectivity index (χ1n) is 7.55. The first-order chi connectivity index (χ1) is 8.09. The second-order valence-electron chi connectivity index (χ2n) is 6.67. The first kappa shape index (κ1) is 13.4. The molecule has 0 aliphatic heterocycles. The summed E-state index contributed by atoms with van der Waals surface area (Å²) in [6.07, 6.45) is 9.95. The largest absolute Gasteiger partial charge is 0.389 e. The Morgan fingerprint density at radius 2 is 1.88 bits per heavy atom. The molecular weight excluding hydrogens is 210 g/mol. The molecule has 0 amide bonds. The van der Waals surface area contributed by atoms with Gasteiger partial charge in [-0.15, -0.1) is 0 Å². The Labute approximate surface area is 106 Å². The summed E-state index contributed by atoms with van der Waals surface area (Å²) < 4.78 is 0. The zero-order chi connectivity index (χ0) is 12.3. The molecule has 0 radical (unpaired) electrons. The van der Waals surface area contributed by atoms with Crippen molar-refractivity contribution in [3.63, 3.8) is 0 Å². The summed E-state index contributed by atoms with van der Waals surface area (Å²) in [6, 6.07) is 0.656. The summed E-state index contributed by atoms with van der Waals surface area (Å²) in [6.45, 7) is 5.54. The molecule has 0 bridgehead atoms. The summed E-state index contributed by atoms with van der Waals surface area (Å²) in [7, 11) is 0. The van der Waals surface area contributed by atoms with Crippen LogP contribution in [0.1, 0.15) is 65.2 Å². The number of nitrogens with one attached hydrogen (secondary N) is 1. The quantitative estimate of drug-likeness (QED) is 0.739. The van der Waals surface area contributed by atoms with Crippen LogP contribution >= 0.6 is 0 Å². The number of aliphatic hydroxyl groups is 1. The summed E-state index contributed by atoms with van der Waals surface area (Å²) in [4.78, 5) is 0. The molecule has 2 N–H and O–H groups in total. The molecule has 2 aliphatic rings. The fourth-order valence-electron chi connectivity index (χ4n) is 3.30. The van der Waals surface area contributed by atoms with E-state index >= 15 is 0 Å². The summed E-state index contributed by atoms with van der Waals surface area (Å²) in [5.41, 5.74) is -0.357. The van der Waals surface area contributed by atoms with Gasteiger partial charge in [0, 0.05) is 12.6 Å². The minimum atomic E-state index is -0.357. The smallest absolute Gasteiger partial charge is 0.0771 e. The molecule has 2 unspecified atom stereocenters. The van der Waals surface area contributed by atoms with Crippen LogP contribution in [-0.2, 0) is 0 Å². The molecule has 0 spiro atoms. The van der Waals surface area contributed by atoms with Gasteiger partial charge in [-0.05, 0) is 50.4 Å². The van der Waals surface area contributed by atoms with Crippen LogP contribution in [0.25, 0.3) is 0 Å². The maximum absolute atomic E-state index is 10.1. The lowest BCUT2D eigenvalue weighted by molar-refractivity contribution is -0.0335. The van der Waals surface area contributed by atoms with Gasteiger partial charge in [-0.25, -0.2) is 0 Å². The predicted octanol–water partition coefficient (Wildman–Crippen LogP) is 3.10. The van der Waals surface area contributed by atoms with Crippen molar-refractivity contribution in [3.8, 4) is 0 Å². The van der Waals surface area contributed by atoms with Gasteiger partial charge in [-0.1, -0.05) is 26.7 Å². The first-order valence-corrected chi connectivity index (χ1v) is 7.55. The molecule has 0 saturated heterocycles. The Hall–Kier alpha value is -0.0800. The molecular formula is C15H29NO. The predicted molar refractivity (Wildman–Crippen MR) is 72.0 cm³/mol. The van der Waals surface area contributed by atoms with Crippen molar-refractivity contribution < 1.29 is 5.11 Å². The summed E-state index contributed by atoms with van der Waals surface area (Å²) >= 11 is 0. The minimum Gasteiger partial charge on any atom is -0.389 e.